The molecule has 1 aliphatic heterocycles. The molecule has 3 aliphatic rings. The Hall–Kier alpha value is -3.74. The second-order valence-electron chi connectivity index (χ2n) is 10.1. The van der Waals surface area contributed by atoms with Gasteiger partial charge in [-0.15, -0.1) is 0 Å². The van der Waals surface area contributed by atoms with Crippen LogP contribution in [0.5, 0.6) is 0 Å². The molecule has 7 heteroatoms. The molecular weight excluding hydrogens is 443 g/mol. The van der Waals surface area contributed by atoms with Crippen LogP contribution in [0.25, 0.3) is 11.8 Å². The minimum atomic E-state index is -0.950. The molecule has 0 unspecified atom stereocenters. The van der Waals surface area contributed by atoms with Crippen LogP contribution in [0.1, 0.15) is 43.0 Å². The van der Waals surface area contributed by atoms with E-state index in [0.717, 1.165) is 40.9 Å². The smallest absolute Gasteiger partial charge is 0.304 e. The predicted molar refractivity (Wildman–Crippen MR) is 130 cm³/mol. The first-order valence-electron chi connectivity index (χ1n) is 12.0. The number of fused-ring (bicyclic) bond motifs is 3. The highest BCUT2D eigenvalue weighted by Crippen LogP contribution is 2.58. The highest BCUT2D eigenvalue weighted by Gasteiger charge is 2.67. The third kappa shape index (κ3) is 2.97. The average molecular weight is 471 g/mol. The summed E-state index contributed by atoms with van der Waals surface area (Å²) < 4.78 is 15.3. The fourth-order valence-electron chi connectivity index (χ4n) is 6.43. The molecule has 3 aromatic rings. The number of urea groups is 1. The van der Waals surface area contributed by atoms with Crippen LogP contribution in [0.4, 0.5) is 9.18 Å². The fourth-order valence-corrected chi connectivity index (χ4v) is 6.43. The van der Waals surface area contributed by atoms with E-state index in [1.165, 1.54) is 17.0 Å². The SMILES string of the molecule is CN1C(=O)N(Cc2ccccc2)[C@@]2(CCCC3=Cc4c(cnn4-c4ccc(F)cc4)C[C@@]32C)C1=O. The fraction of sp³-hybridized carbons (Fsp3) is 0.321. The van der Waals surface area contributed by atoms with Gasteiger partial charge in [-0.25, -0.2) is 13.9 Å². The van der Waals surface area contributed by atoms with E-state index in [2.05, 4.69) is 18.1 Å². The third-order valence-electron chi connectivity index (χ3n) is 8.24. The number of benzene rings is 2. The van der Waals surface area contributed by atoms with Crippen molar-refractivity contribution in [2.24, 2.45) is 5.41 Å². The van der Waals surface area contributed by atoms with Crippen LogP contribution in [0.3, 0.4) is 0 Å². The first-order chi connectivity index (χ1) is 16.8. The Morgan fingerprint density at radius 1 is 1.06 bits per heavy atom. The molecule has 1 saturated carbocycles. The van der Waals surface area contributed by atoms with Gasteiger partial charge in [-0.3, -0.25) is 9.69 Å². The minimum absolute atomic E-state index is 0.124. The van der Waals surface area contributed by atoms with Crippen LogP contribution in [-0.2, 0) is 17.8 Å². The number of carbonyl (C=O) groups is 2. The van der Waals surface area contributed by atoms with Crippen molar-refractivity contribution < 1.29 is 14.0 Å². The lowest BCUT2D eigenvalue weighted by molar-refractivity contribution is -0.140. The number of hydrogen-bond donors (Lipinski definition) is 0. The number of nitrogens with zero attached hydrogens (tertiary/aromatic N) is 4. The van der Waals surface area contributed by atoms with Gasteiger partial charge in [-0.1, -0.05) is 42.8 Å². The van der Waals surface area contributed by atoms with Crippen molar-refractivity contribution in [1.82, 2.24) is 19.6 Å². The molecule has 35 heavy (non-hydrogen) atoms. The Bertz CT molecular complexity index is 1360. The second kappa shape index (κ2) is 7.63. The van der Waals surface area contributed by atoms with Crippen molar-refractivity contribution in [2.75, 3.05) is 7.05 Å². The summed E-state index contributed by atoms with van der Waals surface area (Å²) in [7, 11) is 1.60. The summed E-state index contributed by atoms with van der Waals surface area (Å²) in [6.45, 7) is 2.53. The number of carbonyl (C=O) groups excluding carboxylic acids is 2. The average Bonchev–Trinajstić information content (AvgIpc) is 3.34. The zero-order chi connectivity index (χ0) is 24.4. The van der Waals surface area contributed by atoms with Gasteiger partial charge in [0.05, 0.1) is 17.6 Å². The largest absolute Gasteiger partial charge is 0.327 e. The van der Waals surface area contributed by atoms with Gasteiger partial charge in [-0.2, -0.15) is 5.10 Å². The van der Waals surface area contributed by atoms with E-state index in [4.69, 9.17) is 0 Å². The number of imide groups is 1. The molecule has 2 aromatic carbocycles. The van der Waals surface area contributed by atoms with E-state index < -0.39 is 11.0 Å². The van der Waals surface area contributed by atoms with Crippen LogP contribution < -0.4 is 0 Å². The van der Waals surface area contributed by atoms with Crippen LogP contribution in [-0.4, -0.2) is 44.1 Å². The molecule has 2 atom stereocenters. The van der Waals surface area contributed by atoms with Gasteiger partial charge < -0.3 is 4.90 Å². The van der Waals surface area contributed by atoms with Gasteiger partial charge in [0.1, 0.15) is 11.4 Å². The zero-order valence-corrected chi connectivity index (χ0v) is 19.9. The van der Waals surface area contributed by atoms with Crippen molar-refractivity contribution in [3.8, 4) is 5.69 Å². The summed E-state index contributed by atoms with van der Waals surface area (Å²) in [4.78, 5) is 30.5. The Balaban J connectivity index is 1.46. The van der Waals surface area contributed by atoms with Crippen molar-refractivity contribution in [2.45, 2.75) is 44.7 Å². The Morgan fingerprint density at radius 3 is 2.54 bits per heavy atom. The molecule has 3 amide bonds. The lowest BCUT2D eigenvalue weighted by Crippen LogP contribution is -2.63. The van der Waals surface area contributed by atoms with Crippen molar-refractivity contribution in [3.63, 3.8) is 0 Å². The molecule has 0 bridgehead atoms. The highest BCUT2D eigenvalue weighted by molar-refractivity contribution is 6.08. The van der Waals surface area contributed by atoms with Gasteiger partial charge in [-0.05, 0) is 67.2 Å². The van der Waals surface area contributed by atoms with Crippen LogP contribution >= 0.6 is 0 Å². The summed E-state index contributed by atoms with van der Waals surface area (Å²) >= 11 is 0. The minimum Gasteiger partial charge on any atom is -0.304 e. The Morgan fingerprint density at radius 2 is 1.80 bits per heavy atom. The van der Waals surface area contributed by atoms with E-state index in [-0.39, 0.29) is 17.8 Å². The monoisotopic (exact) mass is 470 g/mol. The standard InChI is InChI=1S/C28H27FN4O2/c1-27-16-20-17-30-33(23-12-10-22(29)11-13-23)24(20)15-21(27)9-6-14-28(27)25(34)31(2)26(35)32(28)18-19-7-4-3-5-8-19/h3-5,7-8,10-13,15,17H,6,9,14,16,18H2,1-2H3/t27-,28-/m0/s1. The first kappa shape index (κ1) is 21.8. The quantitative estimate of drug-likeness (QED) is 0.508. The number of likely N-dealkylation sites (N-methyl/N-ethyl adjacent to an activating group) is 1. The highest BCUT2D eigenvalue weighted by atomic mass is 19.1. The summed E-state index contributed by atoms with van der Waals surface area (Å²) in [5.74, 6) is -0.414. The molecule has 0 N–H and O–H groups in total. The molecule has 6 nitrogen and oxygen atoms in total. The predicted octanol–water partition coefficient (Wildman–Crippen LogP) is 4.97. The first-order valence-corrected chi connectivity index (χ1v) is 12.0. The van der Waals surface area contributed by atoms with E-state index >= 15 is 0 Å². The summed E-state index contributed by atoms with van der Waals surface area (Å²) in [6.07, 6.45) is 6.90. The number of hydrogen-bond acceptors (Lipinski definition) is 3. The molecule has 2 heterocycles. The molecule has 1 aromatic heterocycles. The van der Waals surface area contributed by atoms with E-state index in [9.17, 15) is 14.0 Å². The van der Waals surface area contributed by atoms with Gasteiger partial charge in [0.25, 0.3) is 5.91 Å². The summed E-state index contributed by atoms with van der Waals surface area (Å²) in [5, 5.41) is 4.61. The summed E-state index contributed by atoms with van der Waals surface area (Å²) in [5.41, 5.74) is 3.43. The number of amides is 3. The molecule has 1 saturated heterocycles. The third-order valence-corrected chi connectivity index (χ3v) is 8.24. The second-order valence-corrected chi connectivity index (χ2v) is 10.1. The van der Waals surface area contributed by atoms with E-state index in [0.29, 0.717) is 19.4 Å². The van der Waals surface area contributed by atoms with Crippen molar-refractivity contribution >= 4 is 18.0 Å². The topological polar surface area (TPSA) is 58.4 Å². The van der Waals surface area contributed by atoms with Crippen molar-refractivity contribution in [3.05, 3.63) is 89.0 Å². The normalized spacial score (nSPS) is 25.6. The van der Waals surface area contributed by atoms with Gasteiger partial charge >= 0.3 is 6.03 Å². The lowest BCUT2D eigenvalue weighted by Gasteiger charge is -2.54. The van der Waals surface area contributed by atoms with Gasteiger partial charge in [0, 0.05) is 19.0 Å². The molecular formula is C28H27FN4O2. The number of rotatable bonds is 3. The summed E-state index contributed by atoms with van der Waals surface area (Å²) in [6, 6.07) is 15.9. The maximum absolute atomic E-state index is 13.9. The van der Waals surface area contributed by atoms with E-state index in [1.54, 1.807) is 19.2 Å². The van der Waals surface area contributed by atoms with Crippen molar-refractivity contribution in [1.29, 1.82) is 0 Å². The molecule has 2 aliphatic carbocycles. The maximum atomic E-state index is 13.9. The zero-order valence-electron chi connectivity index (χ0n) is 19.9. The van der Waals surface area contributed by atoms with Gasteiger partial charge in [0.2, 0.25) is 0 Å². The number of aromatic nitrogens is 2. The number of halogens is 1. The van der Waals surface area contributed by atoms with E-state index in [1.807, 2.05) is 46.1 Å². The lowest BCUT2D eigenvalue weighted by atomic mass is 9.54. The molecule has 6 rings (SSSR count). The van der Waals surface area contributed by atoms with Crippen LogP contribution in [0.2, 0.25) is 0 Å². The van der Waals surface area contributed by atoms with Crippen LogP contribution in [0.15, 0.2) is 66.4 Å². The van der Waals surface area contributed by atoms with Gasteiger partial charge in [0.15, 0.2) is 0 Å². The van der Waals surface area contributed by atoms with Crippen LogP contribution in [0, 0.1) is 11.2 Å². The molecule has 178 valence electrons. The molecule has 1 spiro atoms. The maximum Gasteiger partial charge on any atom is 0.327 e. The molecule has 0 radical (unpaired) electrons. The molecule has 2 fully saturated rings. The Labute approximate surface area is 203 Å². The Kier molecular flexibility index (Phi) is 4.75.